The molecule has 0 fully saturated rings. The predicted molar refractivity (Wildman–Crippen MR) is 64.8 cm³/mol. The molecule has 0 unspecified atom stereocenters. The maximum atomic E-state index is 5.95. The van der Waals surface area contributed by atoms with Gasteiger partial charge in [-0.05, 0) is 50.6 Å². The summed E-state index contributed by atoms with van der Waals surface area (Å²) in [5.74, 6) is 0. The summed E-state index contributed by atoms with van der Waals surface area (Å²) < 4.78 is 0. The van der Waals surface area contributed by atoms with Gasteiger partial charge in [0.15, 0.2) is 0 Å². The van der Waals surface area contributed by atoms with Crippen LogP contribution in [0, 0.1) is 0 Å². The van der Waals surface area contributed by atoms with Gasteiger partial charge in [0, 0.05) is 10.4 Å². The molecule has 0 atom stereocenters. The van der Waals surface area contributed by atoms with Gasteiger partial charge in [-0.1, -0.05) is 12.1 Å². The second-order valence-electron chi connectivity index (χ2n) is 4.34. The van der Waals surface area contributed by atoms with Crippen LogP contribution in [-0.4, -0.2) is 11.8 Å². The van der Waals surface area contributed by atoms with E-state index in [-0.39, 0.29) is 5.54 Å². The molecule has 78 valence electrons. The smallest absolute Gasteiger partial charge is 0.0100 e. The first-order chi connectivity index (χ1) is 6.51. The summed E-state index contributed by atoms with van der Waals surface area (Å²) in [6.45, 7) is 4.15. The average molecular weight is 209 g/mol. The molecule has 0 amide bonds. The van der Waals surface area contributed by atoms with Crippen molar-refractivity contribution < 1.29 is 0 Å². The van der Waals surface area contributed by atoms with Crippen LogP contribution >= 0.6 is 11.8 Å². The SMILES string of the molecule is CSc1cccc(CCC(C)(C)N)c1. The Balaban J connectivity index is 2.59. The lowest BCUT2D eigenvalue weighted by Crippen LogP contribution is -2.32. The van der Waals surface area contributed by atoms with Crippen LogP contribution in [0.15, 0.2) is 29.2 Å². The van der Waals surface area contributed by atoms with Gasteiger partial charge < -0.3 is 5.73 Å². The lowest BCUT2D eigenvalue weighted by atomic mass is 9.97. The molecule has 0 radical (unpaired) electrons. The van der Waals surface area contributed by atoms with E-state index in [1.807, 2.05) is 0 Å². The number of hydrogen-bond donors (Lipinski definition) is 1. The van der Waals surface area contributed by atoms with E-state index in [1.165, 1.54) is 10.5 Å². The Morgan fingerprint density at radius 1 is 1.36 bits per heavy atom. The molecule has 2 N–H and O–H groups in total. The van der Waals surface area contributed by atoms with Crippen LogP contribution in [0.5, 0.6) is 0 Å². The summed E-state index contributed by atoms with van der Waals surface area (Å²) in [7, 11) is 0. The molecule has 1 aromatic carbocycles. The van der Waals surface area contributed by atoms with Gasteiger partial charge >= 0.3 is 0 Å². The maximum absolute atomic E-state index is 5.95. The minimum atomic E-state index is -0.0602. The van der Waals surface area contributed by atoms with E-state index in [0.29, 0.717) is 0 Å². The lowest BCUT2D eigenvalue weighted by molar-refractivity contribution is 0.477. The lowest BCUT2D eigenvalue weighted by Gasteiger charge is -2.18. The molecule has 0 aromatic heterocycles. The number of nitrogens with two attached hydrogens (primary N) is 1. The fraction of sp³-hybridized carbons (Fsp3) is 0.500. The monoisotopic (exact) mass is 209 g/mol. The Bertz CT molecular complexity index is 289. The highest BCUT2D eigenvalue weighted by atomic mass is 32.2. The Morgan fingerprint density at radius 2 is 2.07 bits per heavy atom. The molecule has 1 nitrogen and oxygen atoms in total. The number of hydrogen-bond acceptors (Lipinski definition) is 2. The van der Waals surface area contributed by atoms with Crippen LogP contribution in [0.1, 0.15) is 25.8 Å². The van der Waals surface area contributed by atoms with E-state index < -0.39 is 0 Å². The Labute approximate surface area is 91.1 Å². The third kappa shape index (κ3) is 4.16. The van der Waals surface area contributed by atoms with Crippen molar-refractivity contribution in [2.75, 3.05) is 6.26 Å². The standard InChI is InChI=1S/C12H19NS/c1-12(2,13)8-7-10-5-4-6-11(9-10)14-3/h4-6,9H,7-8,13H2,1-3H3. The van der Waals surface area contributed by atoms with Crippen molar-refractivity contribution in [2.45, 2.75) is 37.1 Å². The Morgan fingerprint density at radius 3 is 2.64 bits per heavy atom. The van der Waals surface area contributed by atoms with Gasteiger partial charge in [0.1, 0.15) is 0 Å². The van der Waals surface area contributed by atoms with E-state index in [4.69, 9.17) is 5.73 Å². The number of rotatable bonds is 4. The summed E-state index contributed by atoms with van der Waals surface area (Å²) in [5.41, 5.74) is 7.27. The molecule has 0 aliphatic rings. The molecule has 0 heterocycles. The van der Waals surface area contributed by atoms with E-state index in [0.717, 1.165) is 12.8 Å². The van der Waals surface area contributed by atoms with Crippen LogP contribution in [0.25, 0.3) is 0 Å². The van der Waals surface area contributed by atoms with Crippen molar-refractivity contribution in [1.29, 1.82) is 0 Å². The molecule has 0 bridgehead atoms. The van der Waals surface area contributed by atoms with E-state index >= 15 is 0 Å². The minimum Gasteiger partial charge on any atom is -0.326 e. The van der Waals surface area contributed by atoms with Gasteiger partial charge in [-0.25, -0.2) is 0 Å². The topological polar surface area (TPSA) is 26.0 Å². The zero-order valence-corrected chi connectivity index (χ0v) is 10.0. The molecule has 0 saturated carbocycles. The molecule has 0 saturated heterocycles. The molecule has 1 aromatic rings. The molecule has 0 aliphatic carbocycles. The highest BCUT2D eigenvalue weighted by Crippen LogP contribution is 2.18. The molecule has 0 spiro atoms. The molecular weight excluding hydrogens is 190 g/mol. The second kappa shape index (κ2) is 4.85. The Hall–Kier alpha value is -0.470. The van der Waals surface area contributed by atoms with Crippen LogP contribution in [0.4, 0.5) is 0 Å². The van der Waals surface area contributed by atoms with Crippen molar-refractivity contribution in [3.05, 3.63) is 29.8 Å². The summed E-state index contributed by atoms with van der Waals surface area (Å²) >= 11 is 1.79. The number of benzene rings is 1. The van der Waals surface area contributed by atoms with Gasteiger partial charge in [0.2, 0.25) is 0 Å². The quantitative estimate of drug-likeness (QED) is 0.771. The molecule has 14 heavy (non-hydrogen) atoms. The van der Waals surface area contributed by atoms with E-state index in [1.54, 1.807) is 11.8 Å². The Kier molecular flexibility index (Phi) is 4.02. The van der Waals surface area contributed by atoms with Crippen LogP contribution < -0.4 is 5.73 Å². The van der Waals surface area contributed by atoms with Crippen molar-refractivity contribution in [2.24, 2.45) is 5.73 Å². The third-order valence-corrected chi connectivity index (χ3v) is 2.92. The molecular formula is C12H19NS. The summed E-state index contributed by atoms with van der Waals surface area (Å²) in [6, 6.07) is 8.67. The minimum absolute atomic E-state index is 0.0602. The van der Waals surface area contributed by atoms with Gasteiger partial charge in [-0.3, -0.25) is 0 Å². The van der Waals surface area contributed by atoms with Gasteiger partial charge in [0.25, 0.3) is 0 Å². The molecule has 2 heteroatoms. The third-order valence-electron chi connectivity index (χ3n) is 2.19. The van der Waals surface area contributed by atoms with Crippen molar-refractivity contribution in [3.8, 4) is 0 Å². The maximum Gasteiger partial charge on any atom is 0.0100 e. The van der Waals surface area contributed by atoms with E-state index in [2.05, 4.69) is 44.4 Å². The largest absolute Gasteiger partial charge is 0.326 e. The highest BCUT2D eigenvalue weighted by Gasteiger charge is 2.10. The summed E-state index contributed by atoms with van der Waals surface area (Å²) in [4.78, 5) is 1.33. The summed E-state index contributed by atoms with van der Waals surface area (Å²) in [5, 5.41) is 0. The van der Waals surface area contributed by atoms with Crippen LogP contribution in [0.2, 0.25) is 0 Å². The van der Waals surface area contributed by atoms with Crippen molar-refractivity contribution >= 4 is 11.8 Å². The number of aryl methyl sites for hydroxylation is 1. The summed E-state index contributed by atoms with van der Waals surface area (Å²) in [6.07, 6.45) is 4.20. The van der Waals surface area contributed by atoms with E-state index in [9.17, 15) is 0 Å². The second-order valence-corrected chi connectivity index (χ2v) is 5.22. The van der Waals surface area contributed by atoms with Gasteiger partial charge in [-0.2, -0.15) is 0 Å². The molecule has 1 rings (SSSR count). The van der Waals surface area contributed by atoms with Gasteiger partial charge in [0.05, 0.1) is 0 Å². The normalized spacial score (nSPS) is 11.7. The first-order valence-electron chi connectivity index (χ1n) is 4.93. The average Bonchev–Trinajstić information content (AvgIpc) is 2.14. The highest BCUT2D eigenvalue weighted by molar-refractivity contribution is 7.98. The van der Waals surface area contributed by atoms with Gasteiger partial charge in [-0.15, -0.1) is 11.8 Å². The fourth-order valence-corrected chi connectivity index (χ4v) is 1.78. The van der Waals surface area contributed by atoms with Crippen LogP contribution in [0.3, 0.4) is 0 Å². The first-order valence-corrected chi connectivity index (χ1v) is 6.15. The zero-order valence-electron chi connectivity index (χ0n) is 9.21. The van der Waals surface area contributed by atoms with Crippen LogP contribution in [-0.2, 0) is 6.42 Å². The molecule has 0 aliphatic heterocycles. The van der Waals surface area contributed by atoms with Crippen molar-refractivity contribution in [1.82, 2.24) is 0 Å². The fourth-order valence-electron chi connectivity index (χ4n) is 1.29. The zero-order chi connectivity index (χ0) is 10.6. The number of thioether (sulfide) groups is 1. The first kappa shape index (κ1) is 11.6. The predicted octanol–water partition coefficient (Wildman–Crippen LogP) is 3.08. The van der Waals surface area contributed by atoms with Crippen molar-refractivity contribution in [3.63, 3.8) is 0 Å².